The molecule has 1 N–H and O–H groups in total. The Morgan fingerprint density at radius 1 is 1.37 bits per heavy atom. The van der Waals surface area contributed by atoms with E-state index in [9.17, 15) is 0 Å². The molecule has 0 amide bonds. The van der Waals surface area contributed by atoms with Crippen LogP contribution < -0.4 is 5.32 Å². The number of rotatable bonds is 7. The lowest BCUT2D eigenvalue weighted by atomic mass is 9.75. The Kier molecular flexibility index (Phi) is 4.81. The van der Waals surface area contributed by atoms with Crippen LogP contribution >= 0.6 is 11.3 Å². The highest BCUT2D eigenvalue weighted by molar-refractivity contribution is 7.15. The van der Waals surface area contributed by atoms with Gasteiger partial charge in [0, 0.05) is 36.2 Å². The van der Waals surface area contributed by atoms with Gasteiger partial charge in [-0.3, -0.25) is 4.90 Å². The number of nitrogens with one attached hydrogen (secondary N) is 1. The molecule has 0 spiro atoms. The van der Waals surface area contributed by atoms with Crippen molar-refractivity contribution in [2.45, 2.75) is 38.3 Å². The topological polar surface area (TPSA) is 31.4 Å². The summed E-state index contributed by atoms with van der Waals surface area (Å²) in [7, 11) is 6.64. The Hall–Kier alpha value is -0.650. The monoisotopic (exact) mass is 282 g/mol. The van der Waals surface area contributed by atoms with Crippen molar-refractivity contribution >= 4 is 16.5 Å². The lowest BCUT2D eigenvalue weighted by Crippen LogP contribution is -2.56. The highest BCUT2D eigenvalue weighted by Gasteiger charge is 2.39. The van der Waals surface area contributed by atoms with Crippen LogP contribution in [0, 0.1) is 0 Å². The van der Waals surface area contributed by atoms with Crippen LogP contribution in [0.25, 0.3) is 0 Å². The van der Waals surface area contributed by atoms with Gasteiger partial charge in [-0.2, -0.15) is 0 Å². The second-order valence-electron chi connectivity index (χ2n) is 5.81. The van der Waals surface area contributed by atoms with Crippen LogP contribution in [-0.2, 0) is 6.54 Å². The zero-order valence-corrected chi connectivity index (χ0v) is 13.4. The minimum absolute atomic E-state index is 0.407. The zero-order valence-electron chi connectivity index (χ0n) is 12.6. The molecule has 1 fully saturated rings. The molecule has 0 aromatic carbocycles. The highest BCUT2D eigenvalue weighted by Crippen LogP contribution is 2.37. The first-order valence-corrected chi connectivity index (χ1v) is 7.92. The fraction of sp³-hybridized carbons (Fsp3) is 0.786. The summed E-state index contributed by atoms with van der Waals surface area (Å²) in [6.45, 7) is 5.18. The normalized spacial score (nSPS) is 17.8. The van der Waals surface area contributed by atoms with Gasteiger partial charge in [0.05, 0.1) is 0 Å². The molecule has 2 rings (SSSR count). The van der Waals surface area contributed by atoms with Gasteiger partial charge in [0.1, 0.15) is 0 Å². The molecule has 19 heavy (non-hydrogen) atoms. The van der Waals surface area contributed by atoms with Crippen LogP contribution in [0.15, 0.2) is 6.20 Å². The van der Waals surface area contributed by atoms with Gasteiger partial charge in [-0.25, -0.2) is 4.98 Å². The predicted molar refractivity (Wildman–Crippen MR) is 82.9 cm³/mol. The quantitative estimate of drug-likeness (QED) is 0.832. The first-order chi connectivity index (χ1) is 9.05. The summed E-state index contributed by atoms with van der Waals surface area (Å²) in [5.41, 5.74) is 0.407. The lowest BCUT2D eigenvalue weighted by Gasteiger charge is -2.49. The van der Waals surface area contributed by atoms with Crippen LogP contribution in [0.1, 0.15) is 31.1 Å². The van der Waals surface area contributed by atoms with Crippen molar-refractivity contribution in [2.24, 2.45) is 0 Å². The van der Waals surface area contributed by atoms with Gasteiger partial charge < -0.3 is 10.2 Å². The van der Waals surface area contributed by atoms with Gasteiger partial charge in [0.15, 0.2) is 5.13 Å². The molecule has 1 aliphatic rings. The maximum Gasteiger partial charge on any atom is 0.182 e. The Balaban J connectivity index is 1.87. The SMILES string of the molecule is CCNc1ncc(CN(C)CC2(N(C)C)CCC2)s1. The minimum atomic E-state index is 0.407. The van der Waals surface area contributed by atoms with Crippen LogP contribution in [0.2, 0.25) is 0 Å². The smallest absolute Gasteiger partial charge is 0.182 e. The van der Waals surface area contributed by atoms with E-state index < -0.39 is 0 Å². The molecule has 1 saturated carbocycles. The van der Waals surface area contributed by atoms with Crippen LogP contribution in [0.4, 0.5) is 5.13 Å². The summed E-state index contributed by atoms with van der Waals surface area (Å²) in [5, 5.41) is 4.31. The van der Waals surface area contributed by atoms with Crippen molar-refractivity contribution in [3.63, 3.8) is 0 Å². The minimum Gasteiger partial charge on any atom is -0.362 e. The Bertz CT molecular complexity index is 398. The third-order valence-corrected chi connectivity index (χ3v) is 5.04. The summed E-state index contributed by atoms with van der Waals surface area (Å²) < 4.78 is 0. The van der Waals surface area contributed by atoms with Gasteiger partial charge in [0.2, 0.25) is 0 Å². The average Bonchev–Trinajstić information content (AvgIpc) is 2.71. The molecule has 1 aromatic rings. The molecule has 5 heteroatoms. The van der Waals surface area contributed by atoms with Crippen LogP contribution in [0.3, 0.4) is 0 Å². The van der Waals surface area contributed by atoms with Gasteiger partial charge >= 0.3 is 0 Å². The number of nitrogens with zero attached hydrogens (tertiary/aromatic N) is 3. The molecule has 0 unspecified atom stereocenters. The van der Waals surface area contributed by atoms with Crippen molar-refractivity contribution in [1.29, 1.82) is 0 Å². The summed E-state index contributed by atoms with van der Waals surface area (Å²) in [4.78, 5) is 10.6. The van der Waals surface area contributed by atoms with Crippen molar-refractivity contribution in [1.82, 2.24) is 14.8 Å². The first-order valence-electron chi connectivity index (χ1n) is 7.10. The van der Waals surface area contributed by atoms with Crippen molar-refractivity contribution in [3.05, 3.63) is 11.1 Å². The zero-order chi connectivity index (χ0) is 13.9. The molecule has 0 atom stereocenters. The van der Waals surface area contributed by atoms with Crippen LogP contribution in [-0.4, -0.2) is 54.6 Å². The summed E-state index contributed by atoms with van der Waals surface area (Å²) in [6.07, 6.45) is 6.03. The Labute approximate surface area is 120 Å². The Morgan fingerprint density at radius 3 is 2.63 bits per heavy atom. The van der Waals surface area contributed by atoms with Gasteiger partial charge in [-0.1, -0.05) is 0 Å². The number of likely N-dealkylation sites (N-methyl/N-ethyl adjacent to an activating group) is 2. The fourth-order valence-corrected chi connectivity index (χ4v) is 3.73. The third kappa shape index (κ3) is 3.46. The molecule has 0 aliphatic heterocycles. The fourth-order valence-electron chi connectivity index (χ4n) is 2.77. The highest BCUT2D eigenvalue weighted by atomic mass is 32.1. The molecule has 0 bridgehead atoms. The number of hydrogen-bond acceptors (Lipinski definition) is 5. The van der Waals surface area contributed by atoms with E-state index in [4.69, 9.17) is 0 Å². The second-order valence-corrected chi connectivity index (χ2v) is 6.92. The summed E-state index contributed by atoms with van der Waals surface area (Å²) in [6, 6.07) is 0. The molecule has 0 saturated heterocycles. The van der Waals surface area contributed by atoms with E-state index in [1.165, 1.54) is 24.1 Å². The van der Waals surface area contributed by atoms with E-state index >= 15 is 0 Å². The summed E-state index contributed by atoms with van der Waals surface area (Å²) >= 11 is 1.77. The van der Waals surface area contributed by atoms with E-state index in [1.807, 2.05) is 6.20 Å². The second kappa shape index (κ2) is 6.20. The Morgan fingerprint density at radius 2 is 2.11 bits per heavy atom. The summed E-state index contributed by atoms with van der Waals surface area (Å²) in [5.74, 6) is 0. The number of hydrogen-bond donors (Lipinski definition) is 1. The maximum atomic E-state index is 4.40. The average molecular weight is 282 g/mol. The molecule has 1 aromatic heterocycles. The lowest BCUT2D eigenvalue weighted by molar-refractivity contribution is 0.0261. The molecular formula is C14H26N4S. The number of anilines is 1. The molecule has 1 aliphatic carbocycles. The molecular weight excluding hydrogens is 256 g/mol. The van der Waals surface area contributed by atoms with Gasteiger partial charge in [0.25, 0.3) is 0 Å². The van der Waals surface area contributed by atoms with Gasteiger partial charge in [-0.05, 0) is 47.3 Å². The van der Waals surface area contributed by atoms with E-state index in [0.29, 0.717) is 5.54 Å². The molecule has 1 heterocycles. The van der Waals surface area contributed by atoms with Crippen molar-refractivity contribution in [3.8, 4) is 0 Å². The third-order valence-electron chi connectivity index (χ3n) is 4.10. The van der Waals surface area contributed by atoms with E-state index in [-0.39, 0.29) is 0 Å². The van der Waals surface area contributed by atoms with E-state index in [0.717, 1.165) is 24.8 Å². The molecule has 108 valence electrons. The molecule has 0 radical (unpaired) electrons. The van der Waals surface area contributed by atoms with Crippen molar-refractivity contribution < 1.29 is 0 Å². The largest absolute Gasteiger partial charge is 0.362 e. The number of thiazole rings is 1. The van der Waals surface area contributed by atoms with E-state index in [1.54, 1.807) is 11.3 Å². The predicted octanol–water partition coefficient (Wildman–Crippen LogP) is 2.49. The standard InChI is InChI=1S/C14H26N4S/c1-5-15-13-16-9-12(19-13)10-18(4)11-14(17(2)3)7-6-8-14/h9H,5-8,10-11H2,1-4H3,(H,15,16). The van der Waals surface area contributed by atoms with Crippen LogP contribution in [0.5, 0.6) is 0 Å². The molecule has 4 nitrogen and oxygen atoms in total. The van der Waals surface area contributed by atoms with E-state index in [2.05, 4.69) is 48.2 Å². The number of aromatic nitrogens is 1. The van der Waals surface area contributed by atoms with Gasteiger partial charge in [-0.15, -0.1) is 11.3 Å². The van der Waals surface area contributed by atoms with Crippen molar-refractivity contribution in [2.75, 3.05) is 39.5 Å². The maximum absolute atomic E-state index is 4.40. The first kappa shape index (κ1) is 14.8.